The summed E-state index contributed by atoms with van der Waals surface area (Å²) in [4.78, 5) is 0. The van der Waals surface area contributed by atoms with Crippen LogP contribution in [0.15, 0.2) is 18.2 Å². The molecule has 0 saturated carbocycles. The van der Waals surface area contributed by atoms with Gasteiger partial charge in [0, 0.05) is 36.4 Å². The number of rotatable bonds is 4. The molecule has 20 heavy (non-hydrogen) atoms. The molecular formula is C17H25NO2. The first kappa shape index (κ1) is 13.9. The van der Waals surface area contributed by atoms with E-state index in [2.05, 4.69) is 30.4 Å². The van der Waals surface area contributed by atoms with Gasteiger partial charge in [0.25, 0.3) is 0 Å². The molecule has 0 aromatic heterocycles. The molecule has 1 aromatic carbocycles. The molecule has 3 atom stereocenters. The van der Waals surface area contributed by atoms with Crippen LogP contribution in [0.1, 0.15) is 49.3 Å². The Hall–Kier alpha value is -1.06. The van der Waals surface area contributed by atoms with Crippen LogP contribution < -0.4 is 5.32 Å². The van der Waals surface area contributed by atoms with E-state index in [-0.39, 0.29) is 6.10 Å². The highest BCUT2D eigenvalue weighted by Gasteiger charge is 2.38. The van der Waals surface area contributed by atoms with Crippen LogP contribution in [0.5, 0.6) is 0 Å². The second kappa shape index (κ2) is 6.15. The summed E-state index contributed by atoms with van der Waals surface area (Å²) in [7, 11) is 0. The van der Waals surface area contributed by atoms with Crippen LogP contribution in [0.3, 0.4) is 0 Å². The number of ether oxygens (including phenoxy) is 1. The molecule has 2 aliphatic rings. The summed E-state index contributed by atoms with van der Waals surface area (Å²) < 4.78 is 6.11. The van der Waals surface area contributed by atoms with Crippen LogP contribution in [0, 0.1) is 12.8 Å². The molecule has 3 heteroatoms. The van der Waals surface area contributed by atoms with Crippen LogP contribution in [0.25, 0.3) is 0 Å². The van der Waals surface area contributed by atoms with Gasteiger partial charge in [-0.15, -0.1) is 0 Å². The van der Waals surface area contributed by atoms with Crippen LogP contribution in [0.4, 0.5) is 5.69 Å². The highest BCUT2D eigenvalue weighted by atomic mass is 16.5. The molecule has 2 heterocycles. The Kier molecular flexibility index (Phi) is 4.27. The van der Waals surface area contributed by atoms with E-state index >= 15 is 0 Å². The van der Waals surface area contributed by atoms with Crippen molar-refractivity contribution in [2.24, 2.45) is 5.92 Å². The van der Waals surface area contributed by atoms with Crippen molar-refractivity contribution in [3.63, 3.8) is 0 Å². The summed E-state index contributed by atoms with van der Waals surface area (Å²) in [6.07, 6.45) is 5.78. The highest BCUT2D eigenvalue weighted by Crippen LogP contribution is 2.45. The Morgan fingerprint density at radius 1 is 1.35 bits per heavy atom. The number of unbranched alkanes of at least 4 members (excludes halogenated alkanes) is 1. The minimum Gasteiger partial charge on any atom is -0.396 e. The predicted molar refractivity (Wildman–Crippen MR) is 80.9 cm³/mol. The first-order valence-electron chi connectivity index (χ1n) is 7.90. The van der Waals surface area contributed by atoms with Gasteiger partial charge in [0.05, 0.1) is 6.10 Å². The van der Waals surface area contributed by atoms with Crippen molar-refractivity contribution in [1.82, 2.24) is 0 Å². The van der Waals surface area contributed by atoms with Gasteiger partial charge in [-0.25, -0.2) is 0 Å². The third-order valence-corrected chi connectivity index (χ3v) is 4.75. The highest BCUT2D eigenvalue weighted by molar-refractivity contribution is 5.61. The smallest absolute Gasteiger partial charge is 0.0892 e. The van der Waals surface area contributed by atoms with Crippen molar-refractivity contribution in [3.05, 3.63) is 29.3 Å². The fourth-order valence-corrected chi connectivity index (χ4v) is 3.72. The van der Waals surface area contributed by atoms with E-state index in [1.807, 2.05) is 0 Å². The summed E-state index contributed by atoms with van der Waals surface area (Å²) >= 11 is 0. The van der Waals surface area contributed by atoms with E-state index in [0.29, 0.717) is 18.6 Å². The topological polar surface area (TPSA) is 41.5 Å². The van der Waals surface area contributed by atoms with Gasteiger partial charge in [-0.05, 0) is 44.6 Å². The fourth-order valence-electron chi connectivity index (χ4n) is 3.72. The molecule has 3 nitrogen and oxygen atoms in total. The molecule has 2 aliphatic heterocycles. The fraction of sp³-hybridized carbons (Fsp3) is 0.647. The molecule has 3 rings (SSSR count). The zero-order valence-electron chi connectivity index (χ0n) is 12.3. The third-order valence-electron chi connectivity index (χ3n) is 4.75. The number of para-hydroxylation sites is 1. The standard InChI is InChI=1S/C17H25NO2/c1-12-6-4-7-14-16(12)18-15(9-2-3-10-19)13-8-5-11-20-17(13)14/h4,6-7,13,15,17-19H,2-3,5,8-11H2,1H3/t13-,15-,17-/m1/s1. The summed E-state index contributed by atoms with van der Waals surface area (Å²) in [5.41, 5.74) is 3.93. The largest absolute Gasteiger partial charge is 0.396 e. The Morgan fingerprint density at radius 2 is 2.25 bits per heavy atom. The number of fused-ring (bicyclic) bond motifs is 3. The van der Waals surface area contributed by atoms with E-state index in [1.54, 1.807) is 0 Å². The first-order valence-corrected chi connectivity index (χ1v) is 7.90. The molecule has 0 radical (unpaired) electrons. The Bertz CT molecular complexity index is 460. The summed E-state index contributed by atoms with van der Waals surface area (Å²) in [5, 5.41) is 12.7. The molecule has 0 unspecified atom stereocenters. The molecule has 1 saturated heterocycles. The zero-order chi connectivity index (χ0) is 13.9. The van der Waals surface area contributed by atoms with Crippen LogP contribution >= 0.6 is 0 Å². The number of anilines is 1. The Balaban J connectivity index is 1.85. The minimum atomic E-state index is 0.263. The van der Waals surface area contributed by atoms with E-state index < -0.39 is 0 Å². The summed E-state index contributed by atoms with van der Waals surface area (Å²) in [6, 6.07) is 7.00. The van der Waals surface area contributed by atoms with E-state index in [0.717, 1.165) is 25.9 Å². The maximum absolute atomic E-state index is 8.98. The first-order chi connectivity index (χ1) is 9.81. The number of hydrogen-bond acceptors (Lipinski definition) is 3. The maximum atomic E-state index is 8.98. The van der Waals surface area contributed by atoms with Crippen LogP contribution in [-0.4, -0.2) is 24.4 Å². The lowest BCUT2D eigenvalue weighted by Gasteiger charge is -2.43. The molecule has 110 valence electrons. The lowest BCUT2D eigenvalue weighted by Crippen LogP contribution is -2.41. The molecule has 1 fully saturated rings. The lowest BCUT2D eigenvalue weighted by atomic mass is 9.78. The van der Waals surface area contributed by atoms with E-state index in [9.17, 15) is 0 Å². The van der Waals surface area contributed by atoms with Gasteiger partial charge < -0.3 is 15.2 Å². The average Bonchev–Trinajstić information content (AvgIpc) is 2.48. The predicted octanol–water partition coefficient (Wildman–Crippen LogP) is 3.42. The molecule has 0 amide bonds. The number of aliphatic hydroxyl groups is 1. The summed E-state index contributed by atoms with van der Waals surface area (Å²) in [5.74, 6) is 0.580. The van der Waals surface area contributed by atoms with Gasteiger partial charge in [0.1, 0.15) is 0 Å². The SMILES string of the molecule is Cc1cccc2c1N[C@H](CCCCO)[C@H]1CCCO[C@@H]21. The minimum absolute atomic E-state index is 0.263. The normalized spacial score (nSPS) is 28.4. The van der Waals surface area contributed by atoms with Gasteiger partial charge in [0.2, 0.25) is 0 Å². The second-order valence-corrected chi connectivity index (χ2v) is 6.11. The number of aryl methyl sites for hydroxylation is 1. The number of benzene rings is 1. The van der Waals surface area contributed by atoms with Crippen molar-refractivity contribution >= 4 is 5.69 Å². The molecule has 0 aliphatic carbocycles. The molecule has 2 N–H and O–H groups in total. The van der Waals surface area contributed by atoms with Gasteiger partial charge >= 0.3 is 0 Å². The molecule has 1 aromatic rings. The van der Waals surface area contributed by atoms with Crippen molar-refractivity contribution in [1.29, 1.82) is 0 Å². The van der Waals surface area contributed by atoms with Crippen molar-refractivity contribution in [2.45, 2.75) is 51.2 Å². The lowest BCUT2D eigenvalue weighted by molar-refractivity contribution is -0.0387. The third kappa shape index (κ3) is 2.57. The van der Waals surface area contributed by atoms with Crippen molar-refractivity contribution < 1.29 is 9.84 Å². The van der Waals surface area contributed by atoms with Crippen molar-refractivity contribution in [2.75, 3.05) is 18.5 Å². The number of hydrogen-bond donors (Lipinski definition) is 2. The number of nitrogens with one attached hydrogen (secondary N) is 1. The van der Waals surface area contributed by atoms with Gasteiger partial charge in [-0.3, -0.25) is 0 Å². The van der Waals surface area contributed by atoms with Crippen molar-refractivity contribution in [3.8, 4) is 0 Å². The van der Waals surface area contributed by atoms with Gasteiger partial charge in [-0.2, -0.15) is 0 Å². The van der Waals surface area contributed by atoms with E-state index in [4.69, 9.17) is 9.84 Å². The number of aliphatic hydroxyl groups excluding tert-OH is 1. The quantitative estimate of drug-likeness (QED) is 0.827. The zero-order valence-corrected chi connectivity index (χ0v) is 12.3. The Morgan fingerprint density at radius 3 is 3.10 bits per heavy atom. The van der Waals surface area contributed by atoms with Crippen LogP contribution in [-0.2, 0) is 4.74 Å². The molecule has 0 bridgehead atoms. The van der Waals surface area contributed by atoms with Crippen LogP contribution in [0.2, 0.25) is 0 Å². The molecular weight excluding hydrogens is 250 g/mol. The van der Waals surface area contributed by atoms with E-state index in [1.165, 1.54) is 29.7 Å². The Labute approximate surface area is 121 Å². The second-order valence-electron chi connectivity index (χ2n) is 6.11. The van der Waals surface area contributed by atoms with Gasteiger partial charge in [0.15, 0.2) is 0 Å². The maximum Gasteiger partial charge on any atom is 0.0892 e. The average molecular weight is 275 g/mol. The van der Waals surface area contributed by atoms with Gasteiger partial charge in [-0.1, -0.05) is 18.2 Å². The monoisotopic (exact) mass is 275 g/mol. The molecule has 0 spiro atoms. The summed E-state index contributed by atoms with van der Waals surface area (Å²) in [6.45, 7) is 3.35.